The van der Waals surface area contributed by atoms with Gasteiger partial charge in [-0.1, -0.05) is 0 Å². The number of aldehydes is 1. The second kappa shape index (κ2) is 6.11. The highest BCUT2D eigenvalue weighted by molar-refractivity contribution is 5.83. The number of fused-ring (bicyclic) bond motifs is 1. The highest BCUT2D eigenvalue weighted by Crippen LogP contribution is 2.38. The van der Waals surface area contributed by atoms with Crippen molar-refractivity contribution in [2.45, 2.75) is 24.9 Å². The minimum absolute atomic E-state index is 0.0291. The first-order chi connectivity index (χ1) is 11.0. The molecular weight excluding hydrogens is 308 g/mol. The summed E-state index contributed by atoms with van der Waals surface area (Å²) in [6.45, 7) is 0.717. The molecule has 23 heavy (non-hydrogen) atoms. The third-order valence-electron chi connectivity index (χ3n) is 3.98. The van der Waals surface area contributed by atoms with E-state index in [1.165, 1.54) is 6.07 Å². The van der Waals surface area contributed by atoms with Crippen LogP contribution in [0.15, 0.2) is 12.1 Å². The van der Waals surface area contributed by atoms with E-state index in [0.717, 1.165) is 6.07 Å². The predicted molar refractivity (Wildman–Crippen MR) is 76.6 cm³/mol. The van der Waals surface area contributed by atoms with E-state index in [1.807, 2.05) is 0 Å². The summed E-state index contributed by atoms with van der Waals surface area (Å²) in [6.07, 6.45) is -1.30. The largest absolute Gasteiger partial charge is 0.489 e. The second-order valence-corrected chi connectivity index (χ2v) is 5.54. The molecule has 3 atom stereocenters. The number of carbonyl (C=O) groups excluding carboxylic acids is 1. The molecule has 0 spiro atoms. The number of benzene rings is 1. The molecule has 2 N–H and O–H groups in total. The van der Waals surface area contributed by atoms with Crippen LogP contribution >= 0.6 is 0 Å². The third kappa shape index (κ3) is 2.98. The van der Waals surface area contributed by atoms with E-state index in [2.05, 4.69) is 0 Å². The number of nitro groups is 1. The van der Waals surface area contributed by atoms with E-state index < -0.39 is 23.4 Å². The van der Waals surface area contributed by atoms with Crippen LogP contribution in [-0.2, 0) is 0 Å². The summed E-state index contributed by atoms with van der Waals surface area (Å²) in [7, 11) is 0. The normalized spacial score (nSPS) is 27.5. The van der Waals surface area contributed by atoms with Crippen LogP contribution < -0.4 is 9.47 Å². The Morgan fingerprint density at radius 2 is 2.00 bits per heavy atom. The van der Waals surface area contributed by atoms with Crippen molar-refractivity contribution in [3.8, 4) is 11.5 Å². The molecule has 3 unspecified atom stereocenters. The molecule has 3 rings (SSSR count). The lowest BCUT2D eigenvalue weighted by Crippen LogP contribution is -2.39. The number of carbonyl (C=O) groups is 1. The molecule has 0 radical (unpaired) electrons. The van der Waals surface area contributed by atoms with Crippen LogP contribution in [0.4, 0.5) is 5.69 Å². The number of rotatable bonds is 3. The SMILES string of the molecule is O=Cc1cc([N+](=O)[O-])cc2c1OC(N1CC(O)C(O)C1)CCO2. The van der Waals surface area contributed by atoms with Gasteiger partial charge in [0.2, 0.25) is 0 Å². The third-order valence-corrected chi connectivity index (χ3v) is 3.98. The monoisotopic (exact) mass is 324 g/mol. The summed E-state index contributed by atoms with van der Waals surface area (Å²) in [5.41, 5.74) is -0.221. The molecule has 1 aromatic rings. The van der Waals surface area contributed by atoms with Crippen LogP contribution in [-0.4, -0.2) is 64.5 Å². The lowest BCUT2D eigenvalue weighted by Gasteiger charge is -2.26. The van der Waals surface area contributed by atoms with Gasteiger partial charge in [-0.25, -0.2) is 0 Å². The fraction of sp³-hybridized carbons (Fsp3) is 0.500. The molecule has 0 aliphatic carbocycles. The summed E-state index contributed by atoms with van der Waals surface area (Å²) >= 11 is 0. The van der Waals surface area contributed by atoms with Crippen molar-refractivity contribution in [2.24, 2.45) is 0 Å². The summed E-state index contributed by atoms with van der Waals surface area (Å²) in [4.78, 5) is 23.3. The molecule has 9 heteroatoms. The minimum atomic E-state index is -0.857. The van der Waals surface area contributed by atoms with Crippen molar-refractivity contribution < 1.29 is 29.4 Å². The first kappa shape index (κ1) is 15.7. The zero-order valence-electron chi connectivity index (χ0n) is 12.1. The summed E-state index contributed by atoms with van der Waals surface area (Å²) in [6, 6.07) is 2.35. The van der Waals surface area contributed by atoms with Crippen molar-refractivity contribution >= 4 is 12.0 Å². The van der Waals surface area contributed by atoms with Gasteiger partial charge in [0.15, 0.2) is 24.0 Å². The van der Waals surface area contributed by atoms with E-state index in [1.54, 1.807) is 4.90 Å². The quantitative estimate of drug-likeness (QED) is 0.450. The van der Waals surface area contributed by atoms with Gasteiger partial charge in [-0.2, -0.15) is 0 Å². The fourth-order valence-electron chi connectivity index (χ4n) is 2.79. The van der Waals surface area contributed by atoms with Crippen LogP contribution in [0.3, 0.4) is 0 Å². The number of hydrogen-bond donors (Lipinski definition) is 2. The smallest absolute Gasteiger partial charge is 0.274 e. The molecule has 2 heterocycles. The Hall–Kier alpha value is -2.23. The average Bonchev–Trinajstić information content (AvgIpc) is 2.74. The van der Waals surface area contributed by atoms with Gasteiger partial charge in [-0.15, -0.1) is 0 Å². The minimum Gasteiger partial charge on any atom is -0.489 e. The number of aliphatic hydroxyl groups is 2. The maximum Gasteiger partial charge on any atom is 0.274 e. The van der Waals surface area contributed by atoms with E-state index >= 15 is 0 Å². The van der Waals surface area contributed by atoms with E-state index in [0.29, 0.717) is 12.7 Å². The molecule has 1 aromatic carbocycles. The van der Waals surface area contributed by atoms with Crippen molar-refractivity contribution in [1.82, 2.24) is 4.90 Å². The van der Waals surface area contributed by atoms with Crippen LogP contribution in [0.1, 0.15) is 16.8 Å². The van der Waals surface area contributed by atoms with Gasteiger partial charge < -0.3 is 19.7 Å². The van der Waals surface area contributed by atoms with Gasteiger partial charge in [0, 0.05) is 25.6 Å². The van der Waals surface area contributed by atoms with E-state index in [-0.39, 0.29) is 42.4 Å². The van der Waals surface area contributed by atoms with Gasteiger partial charge >= 0.3 is 0 Å². The first-order valence-corrected chi connectivity index (χ1v) is 7.17. The lowest BCUT2D eigenvalue weighted by molar-refractivity contribution is -0.385. The van der Waals surface area contributed by atoms with Crippen molar-refractivity contribution in [3.05, 3.63) is 27.8 Å². The van der Waals surface area contributed by atoms with E-state index in [4.69, 9.17) is 9.47 Å². The molecule has 0 bridgehead atoms. The van der Waals surface area contributed by atoms with Crippen molar-refractivity contribution in [2.75, 3.05) is 19.7 Å². The number of nitrogens with zero attached hydrogens (tertiary/aromatic N) is 2. The number of β-amino-alcohol motifs (C(OH)–C–C–N with tert-alkyl or cyclic N) is 2. The number of hydrogen-bond acceptors (Lipinski definition) is 8. The molecule has 2 aliphatic heterocycles. The Morgan fingerprint density at radius 3 is 2.61 bits per heavy atom. The Morgan fingerprint density at radius 1 is 1.30 bits per heavy atom. The summed E-state index contributed by atoms with van der Waals surface area (Å²) in [5.74, 6) is 0.285. The molecular formula is C14H16N2O7. The molecule has 1 saturated heterocycles. The molecule has 2 aliphatic rings. The van der Waals surface area contributed by atoms with Gasteiger partial charge in [-0.3, -0.25) is 19.8 Å². The highest BCUT2D eigenvalue weighted by atomic mass is 16.6. The van der Waals surface area contributed by atoms with Crippen LogP contribution in [0.5, 0.6) is 11.5 Å². The Balaban J connectivity index is 1.90. The Kier molecular flexibility index (Phi) is 4.16. The number of nitro benzene ring substituents is 1. The Bertz CT molecular complexity index is 626. The van der Waals surface area contributed by atoms with Gasteiger partial charge in [0.05, 0.1) is 35.4 Å². The number of likely N-dealkylation sites (tertiary alicyclic amines) is 1. The Labute approximate surface area is 131 Å². The molecule has 0 saturated carbocycles. The van der Waals surface area contributed by atoms with E-state index in [9.17, 15) is 25.1 Å². The number of ether oxygens (including phenoxy) is 2. The standard InChI is InChI=1S/C14H16N2O7/c17-7-8-3-9(16(20)21)4-12-14(8)23-13(1-2-22-12)15-5-10(18)11(19)6-15/h3-4,7,10-11,13,18-19H,1-2,5-6H2. The maximum absolute atomic E-state index is 11.2. The second-order valence-electron chi connectivity index (χ2n) is 5.54. The van der Waals surface area contributed by atoms with Crippen LogP contribution in [0.2, 0.25) is 0 Å². The van der Waals surface area contributed by atoms with Crippen molar-refractivity contribution in [1.29, 1.82) is 0 Å². The summed E-state index contributed by atoms with van der Waals surface area (Å²) in [5, 5.41) is 30.2. The molecule has 9 nitrogen and oxygen atoms in total. The zero-order chi connectivity index (χ0) is 16.6. The average molecular weight is 324 g/mol. The topological polar surface area (TPSA) is 122 Å². The molecule has 0 amide bonds. The lowest BCUT2D eigenvalue weighted by atomic mass is 10.2. The fourth-order valence-corrected chi connectivity index (χ4v) is 2.79. The number of aliphatic hydroxyl groups excluding tert-OH is 2. The molecule has 124 valence electrons. The molecule has 0 aromatic heterocycles. The van der Waals surface area contributed by atoms with Crippen LogP contribution in [0, 0.1) is 10.1 Å². The number of non-ortho nitro benzene ring substituents is 1. The van der Waals surface area contributed by atoms with Gasteiger partial charge in [-0.05, 0) is 0 Å². The van der Waals surface area contributed by atoms with Gasteiger partial charge in [0.1, 0.15) is 0 Å². The van der Waals surface area contributed by atoms with Crippen molar-refractivity contribution in [3.63, 3.8) is 0 Å². The highest BCUT2D eigenvalue weighted by Gasteiger charge is 2.36. The summed E-state index contributed by atoms with van der Waals surface area (Å²) < 4.78 is 11.3. The maximum atomic E-state index is 11.2. The first-order valence-electron chi connectivity index (χ1n) is 7.17. The van der Waals surface area contributed by atoms with Gasteiger partial charge in [0.25, 0.3) is 5.69 Å². The zero-order valence-corrected chi connectivity index (χ0v) is 12.1. The predicted octanol–water partition coefficient (Wildman–Crippen LogP) is -0.0679. The van der Waals surface area contributed by atoms with Crippen LogP contribution in [0.25, 0.3) is 0 Å². The molecule has 1 fully saturated rings.